The molecule has 4 rings (SSSR count). The van der Waals surface area contributed by atoms with Crippen LogP contribution >= 0.6 is 11.9 Å². The maximum Gasteiger partial charge on any atom is 0.449 e. The Hall–Kier alpha value is -2.92. The van der Waals surface area contributed by atoms with Gasteiger partial charge in [0.25, 0.3) is 0 Å². The Bertz CT molecular complexity index is 1130. The van der Waals surface area contributed by atoms with Crippen LogP contribution in [0, 0.1) is 5.92 Å². The van der Waals surface area contributed by atoms with Gasteiger partial charge in [-0.25, -0.2) is 9.78 Å². The number of urea groups is 1. The van der Waals surface area contributed by atoms with Crippen molar-refractivity contribution < 1.29 is 22.7 Å². The molecule has 0 spiro atoms. The number of nitrogens with zero attached hydrogens (tertiary/aromatic N) is 3. The second kappa shape index (κ2) is 11.7. The fourth-order valence-corrected chi connectivity index (χ4v) is 4.65. The van der Waals surface area contributed by atoms with Crippen LogP contribution in [0.25, 0.3) is 11.0 Å². The Kier molecular flexibility index (Phi) is 8.90. The van der Waals surface area contributed by atoms with Crippen molar-refractivity contribution in [1.82, 2.24) is 9.55 Å². The van der Waals surface area contributed by atoms with E-state index in [4.69, 9.17) is 10.5 Å². The molecular formula is C24H30F3N5O2S. The number of hydrogen-bond donors (Lipinski definition) is 2. The summed E-state index contributed by atoms with van der Waals surface area (Å²) in [5.41, 5.74) is 7.18. The van der Waals surface area contributed by atoms with Gasteiger partial charge in [-0.1, -0.05) is 13.8 Å². The number of nitrogens with one attached hydrogen (secondary N) is 1. The number of rotatable bonds is 6. The number of amides is 2. The summed E-state index contributed by atoms with van der Waals surface area (Å²) in [7, 11) is 1.82. The lowest BCUT2D eigenvalue weighted by molar-refractivity contribution is -0.147. The van der Waals surface area contributed by atoms with E-state index in [1.165, 1.54) is 16.5 Å². The van der Waals surface area contributed by atoms with Gasteiger partial charge in [0.2, 0.25) is 5.82 Å². The first-order valence-corrected chi connectivity index (χ1v) is 12.2. The highest BCUT2D eigenvalue weighted by atomic mass is 32.2. The molecule has 0 bridgehead atoms. The molecule has 3 N–H and O–H groups in total. The van der Waals surface area contributed by atoms with Crippen molar-refractivity contribution in [2.75, 3.05) is 29.9 Å². The summed E-state index contributed by atoms with van der Waals surface area (Å²) in [6.07, 6.45) is -3.06. The number of aromatic nitrogens is 2. The molecule has 1 saturated heterocycles. The van der Waals surface area contributed by atoms with Gasteiger partial charge in [0.1, 0.15) is 0 Å². The number of benzene rings is 2. The minimum atomic E-state index is -4.54. The molecule has 0 aliphatic carbocycles. The van der Waals surface area contributed by atoms with Crippen LogP contribution in [-0.4, -0.2) is 35.8 Å². The number of anilines is 2. The zero-order chi connectivity index (χ0) is 25.6. The summed E-state index contributed by atoms with van der Waals surface area (Å²) in [6, 6.07) is 11.6. The summed E-state index contributed by atoms with van der Waals surface area (Å²) in [6.45, 7) is 5.42. The van der Waals surface area contributed by atoms with Gasteiger partial charge in [-0.05, 0) is 73.2 Å². The minimum absolute atomic E-state index is 0.127. The van der Waals surface area contributed by atoms with E-state index in [-0.39, 0.29) is 12.5 Å². The monoisotopic (exact) mass is 509 g/mol. The molecule has 35 heavy (non-hydrogen) atoms. The summed E-state index contributed by atoms with van der Waals surface area (Å²) in [5.74, 6) is -0.740. The van der Waals surface area contributed by atoms with Crippen LogP contribution in [0.15, 0.2) is 47.4 Å². The molecule has 190 valence electrons. The zero-order valence-electron chi connectivity index (χ0n) is 19.9. The van der Waals surface area contributed by atoms with E-state index in [0.29, 0.717) is 29.9 Å². The third-order valence-electron chi connectivity index (χ3n) is 5.49. The van der Waals surface area contributed by atoms with Crippen LogP contribution in [0.5, 0.6) is 0 Å². The van der Waals surface area contributed by atoms with Crippen molar-refractivity contribution >= 4 is 40.4 Å². The van der Waals surface area contributed by atoms with E-state index in [0.717, 1.165) is 23.4 Å². The topological polar surface area (TPSA) is 85.4 Å². The Balaban J connectivity index is 0.00000167. The standard InChI is InChI=1S/C22H24F3N5O2S.C2H6/c1-29(33-17-5-2-15(3-6-17)27-21(26)31)16-4-7-19-18(12-16)28-20(22(23,24)25)30(19)13-14-8-10-32-11-9-14;1-2/h2-7,12,14H,8-11,13H2,1H3,(H3,26,27,31);1-2H3. The lowest BCUT2D eigenvalue weighted by Gasteiger charge is -2.24. The maximum absolute atomic E-state index is 13.7. The second-order valence-electron chi connectivity index (χ2n) is 7.87. The van der Waals surface area contributed by atoms with Crippen molar-refractivity contribution in [1.29, 1.82) is 0 Å². The summed E-state index contributed by atoms with van der Waals surface area (Å²) >= 11 is 1.40. The Labute approximate surface area is 207 Å². The van der Waals surface area contributed by atoms with Crippen LogP contribution in [0.1, 0.15) is 32.5 Å². The predicted molar refractivity (Wildman–Crippen MR) is 134 cm³/mol. The Morgan fingerprint density at radius 3 is 2.46 bits per heavy atom. The van der Waals surface area contributed by atoms with Gasteiger partial charge in [0, 0.05) is 43.1 Å². The highest BCUT2D eigenvalue weighted by Crippen LogP contribution is 2.35. The number of nitrogens with two attached hydrogens (primary N) is 1. The van der Waals surface area contributed by atoms with Crippen LogP contribution in [0.3, 0.4) is 0 Å². The quantitative estimate of drug-likeness (QED) is 0.390. The van der Waals surface area contributed by atoms with Gasteiger partial charge in [0.05, 0.1) is 11.0 Å². The summed E-state index contributed by atoms with van der Waals surface area (Å²) in [5, 5.41) is 2.49. The van der Waals surface area contributed by atoms with E-state index in [9.17, 15) is 18.0 Å². The lowest BCUT2D eigenvalue weighted by Crippen LogP contribution is -2.23. The SMILES string of the molecule is CC.CN(Sc1ccc(NC(N)=O)cc1)c1ccc2c(c1)nc(C(F)(F)F)n2CC1CCOCC1. The smallest absolute Gasteiger partial charge is 0.381 e. The molecule has 2 heterocycles. The normalized spacial score (nSPS) is 14.3. The van der Waals surface area contributed by atoms with E-state index in [1.807, 2.05) is 37.3 Å². The van der Waals surface area contributed by atoms with Crippen molar-refractivity contribution in [3.63, 3.8) is 0 Å². The molecule has 0 radical (unpaired) electrons. The molecule has 3 aromatic rings. The van der Waals surface area contributed by atoms with Gasteiger partial charge in [-0.15, -0.1) is 0 Å². The first-order chi connectivity index (χ1) is 16.7. The fourth-order valence-electron chi connectivity index (χ4n) is 3.85. The molecule has 0 unspecified atom stereocenters. The minimum Gasteiger partial charge on any atom is -0.381 e. The second-order valence-corrected chi connectivity index (χ2v) is 9.08. The first-order valence-electron chi connectivity index (χ1n) is 11.4. The van der Waals surface area contributed by atoms with E-state index in [2.05, 4.69) is 10.3 Å². The highest BCUT2D eigenvalue weighted by Gasteiger charge is 2.38. The number of halogens is 3. The zero-order valence-corrected chi connectivity index (χ0v) is 20.7. The number of imidazole rings is 1. The lowest BCUT2D eigenvalue weighted by atomic mass is 10.0. The molecule has 7 nitrogen and oxygen atoms in total. The van der Waals surface area contributed by atoms with Crippen molar-refractivity contribution in [3.8, 4) is 0 Å². The van der Waals surface area contributed by atoms with Gasteiger partial charge < -0.3 is 24.7 Å². The molecule has 0 atom stereocenters. The molecule has 11 heteroatoms. The Morgan fingerprint density at radius 2 is 1.86 bits per heavy atom. The van der Waals surface area contributed by atoms with Gasteiger partial charge >= 0.3 is 12.2 Å². The molecule has 1 aliphatic heterocycles. The molecular weight excluding hydrogens is 479 g/mol. The summed E-state index contributed by atoms with van der Waals surface area (Å²) in [4.78, 5) is 15.8. The highest BCUT2D eigenvalue weighted by molar-refractivity contribution is 8.00. The van der Waals surface area contributed by atoms with Gasteiger partial charge in [-0.2, -0.15) is 13.2 Å². The number of ether oxygens (including phenoxy) is 1. The van der Waals surface area contributed by atoms with Gasteiger partial charge in [0.15, 0.2) is 0 Å². The van der Waals surface area contributed by atoms with Crippen LogP contribution in [0.2, 0.25) is 0 Å². The third-order valence-corrected chi connectivity index (χ3v) is 6.46. The van der Waals surface area contributed by atoms with E-state index in [1.54, 1.807) is 30.3 Å². The number of hydrogen-bond acceptors (Lipinski definition) is 5. The number of fused-ring (bicyclic) bond motifs is 1. The fraction of sp³-hybridized carbons (Fsp3) is 0.417. The molecule has 1 fully saturated rings. The third kappa shape index (κ3) is 6.82. The molecule has 2 amide bonds. The predicted octanol–water partition coefficient (Wildman–Crippen LogP) is 6.14. The van der Waals surface area contributed by atoms with Crippen LogP contribution in [-0.2, 0) is 17.5 Å². The molecule has 1 aromatic heterocycles. The average Bonchev–Trinajstić information content (AvgIpc) is 3.20. The number of primary amides is 1. The largest absolute Gasteiger partial charge is 0.449 e. The number of alkyl halides is 3. The van der Waals surface area contributed by atoms with E-state index < -0.39 is 18.0 Å². The number of carbonyl (C=O) groups is 1. The first kappa shape index (κ1) is 26.7. The van der Waals surface area contributed by atoms with Crippen molar-refractivity contribution in [2.24, 2.45) is 11.7 Å². The van der Waals surface area contributed by atoms with Gasteiger partial charge in [-0.3, -0.25) is 0 Å². The van der Waals surface area contributed by atoms with Crippen LogP contribution in [0.4, 0.5) is 29.3 Å². The Morgan fingerprint density at radius 1 is 1.20 bits per heavy atom. The molecule has 1 aliphatic rings. The summed E-state index contributed by atoms with van der Waals surface area (Å²) < 4.78 is 49.7. The average molecular weight is 510 g/mol. The van der Waals surface area contributed by atoms with E-state index >= 15 is 0 Å². The molecule has 2 aromatic carbocycles. The number of carbonyl (C=O) groups excluding carboxylic acids is 1. The molecule has 0 saturated carbocycles. The maximum atomic E-state index is 13.7. The van der Waals surface area contributed by atoms with Crippen molar-refractivity contribution in [2.45, 2.75) is 44.3 Å². The van der Waals surface area contributed by atoms with Crippen molar-refractivity contribution in [3.05, 3.63) is 48.3 Å². The van der Waals surface area contributed by atoms with Crippen LogP contribution < -0.4 is 15.4 Å².